The molecule has 0 N–H and O–H groups in total. The number of hydrogen-bond donors (Lipinski definition) is 0. The molecule has 1 heterocycles. The summed E-state index contributed by atoms with van der Waals surface area (Å²) in [6.45, 7) is 3.99. The number of aromatic nitrogens is 2. The van der Waals surface area contributed by atoms with Crippen LogP contribution >= 0.6 is 11.8 Å². The van der Waals surface area contributed by atoms with E-state index in [0.29, 0.717) is 6.61 Å². The van der Waals surface area contributed by atoms with E-state index in [0.717, 1.165) is 5.03 Å². The minimum absolute atomic E-state index is 0.219. The van der Waals surface area contributed by atoms with E-state index in [1.54, 1.807) is 32.4 Å². The van der Waals surface area contributed by atoms with Crippen LogP contribution in [0.2, 0.25) is 0 Å². The highest BCUT2D eigenvalue weighted by molar-refractivity contribution is 8.00. The van der Waals surface area contributed by atoms with E-state index in [1.807, 2.05) is 0 Å². The Morgan fingerprint density at radius 1 is 1.64 bits per heavy atom. The summed E-state index contributed by atoms with van der Waals surface area (Å²) in [7, 11) is 0. The van der Waals surface area contributed by atoms with Gasteiger partial charge >= 0.3 is 5.97 Å². The number of carbonyl (C=O) groups is 1. The molecule has 1 aromatic heterocycles. The van der Waals surface area contributed by atoms with Crippen molar-refractivity contribution in [3.05, 3.63) is 18.6 Å². The lowest BCUT2D eigenvalue weighted by atomic mass is 10.5. The number of hydrogen-bond acceptors (Lipinski definition) is 5. The highest BCUT2D eigenvalue weighted by Crippen LogP contribution is 2.20. The fourth-order valence-corrected chi connectivity index (χ4v) is 1.61. The Morgan fingerprint density at radius 2 is 2.43 bits per heavy atom. The lowest BCUT2D eigenvalue weighted by Crippen LogP contribution is -2.16. The highest BCUT2D eigenvalue weighted by Gasteiger charge is 2.15. The maximum Gasteiger partial charge on any atom is 0.319 e. The molecule has 0 aliphatic heterocycles. The van der Waals surface area contributed by atoms with Crippen molar-refractivity contribution in [1.82, 2.24) is 9.97 Å². The number of esters is 1. The van der Waals surface area contributed by atoms with Gasteiger partial charge in [-0.25, -0.2) is 4.98 Å². The zero-order chi connectivity index (χ0) is 10.4. The highest BCUT2D eigenvalue weighted by atomic mass is 32.2. The second kappa shape index (κ2) is 5.59. The van der Waals surface area contributed by atoms with Gasteiger partial charge in [0.05, 0.1) is 12.8 Å². The Morgan fingerprint density at radius 3 is 3.00 bits per heavy atom. The van der Waals surface area contributed by atoms with Crippen molar-refractivity contribution in [2.75, 3.05) is 6.61 Å². The van der Waals surface area contributed by atoms with Gasteiger partial charge in [0.25, 0.3) is 0 Å². The topological polar surface area (TPSA) is 52.1 Å². The molecule has 0 aliphatic carbocycles. The number of ether oxygens (including phenoxy) is 1. The van der Waals surface area contributed by atoms with E-state index >= 15 is 0 Å². The molecule has 0 saturated carbocycles. The van der Waals surface area contributed by atoms with E-state index < -0.39 is 0 Å². The monoisotopic (exact) mass is 212 g/mol. The molecule has 0 spiro atoms. The molecule has 1 aromatic rings. The largest absolute Gasteiger partial charge is 0.465 e. The molecule has 1 atom stereocenters. The molecular weight excluding hydrogens is 200 g/mol. The van der Waals surface area contributed by atoms with E-state index in [4.69, 9.17) is 4.74 Å². The molecular formula is C9H12N2O2S. The summed E-state index contributed by atoms with van der Waals surface area (Å²) >= 11 is 1.34. The Kier molecular flexibility index (Phi) is 4.39. The van der Waals surface area contributed by atoms with Crippen molar-refractivity contribution in [2.45, 2.75) is 24.1 Å². The minimum Gasteiger partial charge on any atom is -0.465 e. The van der Waals surface area contributed by atoms with Crippen molar-refractivity contribution >= 4 is 17.7 Å². The van der Waals surface area contributed by atoms with E-state index in [-0.39, 0.29) is 11.2 Å². The van der Waals surface area contributed by atoms with Gasteiger partial charge in [-0.1, -0.05) is 11.8 Å². The average Bonchev–Trinajstić information content (AvgIpc) is 2.19. The summed E-state index contributed by atoms with van der Waals surface area (Å²) in [6.07, 6.45) is 4.82. The Hall–Kier alpha value is -1.10. The van der Waals surface area contributed by atoms with Crippen LogP contribution in [0.4, 0.5) is 0 Å². The van der Waals surface area contributed by atoms with Crippen LogP contribution in [0.25, 0.3) is 0 Å². The van der Waals surface area contributed by atoms with E-state index in [1.165, 1.54) is 11.8 Å². The first-order valence-corrected chi connectivity index (χ1v) is 5.21. The number of rotatable bonds is 4. The minimum atomic E-state index is -0.244. The van der Waals surface area contributed by atoms with Crippen LogP contribution < -0.4 is 0 Å². The molecule has 4 nitrogen and oxygen atoms in total. The van der Waals surface area contributed by atoms with Crippen molar-refractivity contribution < 1.29 is 9.53 Å². The first-order valence-electron chi connectivity index (χ1n) is 4.33. The molecule has 76 valence electrons. The molecule has 0 radical (unpaired) electrons. The summed E-state index contributed by atoms with van der Waals surface area (Å²) in [5.41, 5.74) is 0. The van der Waals surface area contributed by atoms with Crippen LogP contribution in [0.5, 0.6) is 0 Å². The Labute approximate surface area is 87.1 Å². The molecule has 5 heteroatoms. The summed E-state index contributed by atoms with van der Waals surface area (Å²) < 4.78 is 4.87. The van der Waals surface area contributed by atoms with Crippen LogP contribution in [0.15, 0.2) is 23.6 Å². The lowest BCUT2D eigenvalue weighted by molar-refractivity contribution is -0.142. The number of thioether (sulfide) groups is 1. The third-order valence-electron chi connectivity index (χ3n) is 1.46. The van der Waals surface area contributed by atoms with Gasteiger partial charge in [-0.05, 0) is 13.8 Å². The molecule has 0 amide bonds. The van der Waals surface area contributed by atoms with Gasteiger partial charge in [0, 0.05) is 12.4 Å². The normalized spacial score (nSPS) is 12.1. The summed E-state index contributed by atoms with van der Waals surface area (Å²) in [5.74, 6) is -0.219. The zero-order valence-corrected chi connectivity index (χ0v) is 8.95. The smallest absolute Gasteiger partial charge is 0.319 e. The predicted octanol–water partition coefficient (Wildman–Crippen LogP) is 1.52. The van der Waals surface area contributed by atoms with Crippen molar-refractivity contribution in [3.63, 3.8) is 0 Å². The third kappa shape index (κ3) is 3.33. The molecule has 0 aromatic carbocycles. The fourth-order valence-electron chi connectivity index (χ4n) is 0.835. The lowest BCUT2D eigenvalue weighted by Gasteiger charge is -2.08. The van der Waals surface area contributed by atoms with Crippen LogP contribution in [0, 0.1) is 0 Å². The predicted molar refractivity (Wildman–Crippen MR) is 54.0 cm³/mol. The molecule has 0 unspecified atom stereocenters. The second-order valence-corrected chi connectivity index (χ2v) is 3.92. The zero-order valence-electron chi connectivity index (χ0n) is 8.14. The summed E-state index contributed by atoms with van der Waals surface area (Å²) in [6, 6.07) is 0. The van der Waals surface area contributed by atoms with Gasteiger partial charge in [0.15, 0.2) is 0 Å². The summed E-state index contributed by atoms with van der Waals surface area (Å²) in [4.78, 5) is 19.2. The van der Waals surface area contributed by atoms with E-state index in [9.17, 15) is 4.79 Å². The molecule has 0 fully saturated rings. The van der Waals surface area contributed by atoms with Crippen molar-refractivity contribution in [2.24, 2.45) is 0 Å². The maximum atomic E-state index is 11.3. The van der Waals surface area contributed by atoms with Gasteiger partial charge < -0.3 is 4.74 Å². The molecule has 0 saturated heterocycles. The van der Waals surface area contributed by atoms with Crippen LogP contribution in [0.1, 0.15) is 13.8 Å². The molecule has 0 aliphatic rings. The standard InChI is InChI=1S/C9H12N2O2S/c1-3-13-9(12)7(2)14-8-6-10-4-5-11-8/h4-7H,3H2,1-2H3/t7-/m0/s1. The van der Waals surface area contributed by atoms with Gasteiger partial charge in [-0.2, -0.15) is 0 Å². The third-order valence-corrected chi connectivity index (χ3v) is 2.45. The first-order chi connectivity index (χ1) is 6.74. The second-order valence-electron chi connectivity index (χ2n) is 2.56. The van der Waals surface area contributed by atoms with Gasteiger partial charge in [-0.15, -0.1) is 0 Å². The Bertz CT molecular complexity index is 292. The fraction of sp³-hybridized carbons (Fsp3) is 0.444. The number of carbonyl (C=O) groups excluding carboxylic acids is 1. The summed E-state index contributed by atoms with van der Waals surface area (Å²) in [5, 5.41) is 0.486. The quantitative estimate of drug-likeness (QED) is 0.559. The van der Waals surface area contributed by atoms with Crippen LogP contribution in [-0.2, 0) is 9.53 Å². The van der Waals surface area contributed by atoms with Gasteiger partial charge in [-0.3, -0.25) is 9.78 Å². The average molecular weight is 212 g/mol. The van der Waals surface area contributed by atoms with Gasteiger partial charge in [0.1, 0.15) is 10.3 Å². The van der Waals surface area contributed by atoms with Crippen molar-refractivity contribution in [1.29, 1.82) is 0 Å². The van der Waals surface area contributed by atoms with Gasteiger partial charge in [0.2, 0.25) is 0 Å². The van der Waals surface area contributed by atoms with E-state index in [2.05, 4.69) is 9.97 Å². The number of nitrogens with zero attached hydrogens (tertiary/aromatic N) is 2. The first kappa shape index (κ1) is 11.0. The SMILES string of the molecule is CCOC(=O)[C@H](C)Sc1cnccn1. The maximum absolute atomic E-state index is 11.3. The molecule has 0 bridgehead atoms. The van der Waals surface area contributed by atoms with Crippen LogP contribution in [-0.4, -0.2) is 27.8 Å². The Balaban J connectivity index is 2.49. The molecule has 1 rings (SSSR count). The van der Waals surface area contributed by atoms with Crippen LogP contribution in [0.3, 0.4) is 0 Å². The molecule has 14 heavy (non-hydrogen) atoms. The van der Waals surface area contributed by atoms with Crippen molar-refractivity contribution in [3.8, 4) is 0 Å².